The number of fused-ring (bicyclic) bond motifs is 7. The molecular formula is C29H34FNO4. The van der Waals surface area contributed by atoms with Crippen molar-refractivity contribution in [2.45, 2.75) is 51.9 Å². The number of halogens is 1. The molecule has 6 heteroatoms. The largest absolute Gasteiger partial charge is 0.481 e. The fourth-order valence-electron chi connectivity index (χ4n) is 9.32. The van der Waals surface area contributed by atoms with Crippen molar-refractivity contribution in [1.29, 1.82) is 0 Å². The molecule has 3 saturated carbocycles. The van der Waals surface area contributed by atoms with Gasteiger partial charge in [0.1, 0.15) is 6.17 Å². The number of likely N-dealkylation sites (tertiary alicyclic amines) is 1. The van der Waals surface area contributed by atoms with E-state index in [0.29, 0.717) is 31.6 Å². The molecule has 1 aromatic carbocycles. The number of ketones is 1. The molecule has 4 aliphatic carbocycles. The van der Waals surface area contributed by atoms with Gasteiger partial charge in [0.05, 0.1) is 11.5 Å². The van der Waals surface area contributed by atoms with Gasteiger partial charge in [-0.15, -0.1) is 0 Å². The van der Waals surface area contributed by atoms with Crippen LogP contribution in [0.25, 0.3) is 0 Å². The van der Waals surface area contributed by atoms with E-state index >= 15 is 4.39 Å². The molecule has 0 aromatic heterocycles. The standard InChI is InChI=1S/C29H34FNO4/c1-27-9-8-19(32)11-22(27)23(30)12-20-21-10-18-15-31(14-17-6-4-3-5-7-17)16-29(18,26(34)35)28(21,2)13-24(33)25(20)27/h3-9,11,18,20-21,23-25,33H,10,12-16H2,1-2H3,(H,34,35)/t18-,20-,21?,23-,24?,25?,27-,28-,29+/m0/s1. The average Bonchev–Trinajstić information content (AvgIpc) is 3.28. The third kappa shape index (κ3) is 2.99. The summed E-state index contributed by atoms with van der Waals surface area (Å²) in [7, 11) is 0. The Morgan fingerprint density at radius 2 is 1.94 bits per heavy atom. The van der Waals surface area contributed by atoms with E-state index in [1.807, 2.05) is 25.1 Å². The number of carboxylic acids is 1. The van der Waals surface area contributed by atoms with Gasteiger partial charge in [-0.25, -0.2) is 4.39 Å². The molecule has 4 fully saturated rings. The molecule has 1 saturated heterocycles. The molecule has 5 nitrogen and oxygen atoms in total. The van der Waals surface area contributed by atoms with Crippen LogP contribution in [0.3, 0.4) is 0 Å². The minimum absolute atomic E-state index is 0.0264. The van der Waals surface area contributed by atoms with Crippen molar-refractivity contribution in [1.82, 2.24) is 4.90 Å². The molecule has 9 atom stereocenters. The van der Waals surface area contributed by atoms with Gasteiger partial charge in [-0.2, -0.15) is 0 Å². The quantitative estimate of drug-likeness (QED) is 0.685. The van der Waals surface area contributed by atoms with Crippen molar-refractivity contribution in [3.8, 4) is 0 Å². The van der Waals surface area contributed by atoms with Crippen LogP contribution in [0.1, 0.15) is 38.7 Å². The van der Waals surface area contributed by atoms with Crippen LogP contribution in [-0.4, -0.2) is 52.2 Å². The zero-order chi connectivity index (χ0) is 24.8. The SMILES string of the molecule is C[C@]12C=CC(=O)C=C1[C@@H](F)C[C@@H]1C2C(O)C[C@@]2(C)C1C[C@H]1CN(Cc3ccccc3)C[C@]12C(=O)O. The summed E-state index contributed by atoms with van der Waals surface area (Å²) >= 11 is 0. The monoisotopic (exact) mass is 479 g/mol. The van der Waals surface area contributed by atoms with Crippen molar-refractivity contribution in [3.63, 3.8) is 0 Å². The van der Waals surface area contributed by atoms with Crippen LogP contribution in [0.2, 0.25) is 0 Å². The van der Waals surface area contributed by atoms with Crippen LogP contribution in [0.5, 0.6) is 0 Å². The summed E-state index contributed by atoms with van der Waals surface area (Å²) in [6.07, 6.45) is 4.10. The van der Waals surface area contributed by atoms with Crippen molar-refractivity contribution < 1.29 is 24.2 Å². The highest BCUT2D eigenvalue weighted by molar-refractivity contribution is 6.01. The molecule has 0 amide bonds. The van der Waals surface area contributed by atoms with Crippen molar-refractivity contribution >= 4 is 11.8 Å². The van der Waals surface area contributed by atoms with Gasteiger partial charge in [0.15, 0.2) is 5.78 Å². The maximum Gasteiger partial charge on any atom is 0.311 e. The van der Waals surface area contributed by atoms with Crippen molar-refractivity contribution in [2.75, 3.05) is 13.1 Å². The van der Waals surface area contributed by atoms with Crippen LogP contribution in [0.15, 0.2) is 54.1 Å². The van der Waals surface area contributed by atoms with Gasteiger partial charge in [0.25, 0.3) is 0 Å². The van der Waals surface area contributed by atoms with E-state index in [9.17, 15) is 19.8 Å². The summed E-state index contributed by atoms with van der Waals surface area (Å²) < 4.78 is 15.6. The Bertz CT molecular complexity index is 1130. The number of hydrogen-bond donors (Lipinski definition) is 2. The smallest absolute Gasteiger partial charge is 0.311 e. The molecular weight excluding hydrogens is 445 g/mol. The first-order valence-corrected chi connectivity index (χ1v) is 12.9. The molecule has 3 unspecified atom stereocenters. The van der Waals surface area contributed by atoms with E-state index < -0.39 is 34.5 Å². The molecule has 1 aliphatic heterocycles. The normalized spacial score (nSPS) is 46.4. The summed E-state index contributed by atoms with van der Waals surface area (Å²) in [5.41, 5.74) is -0.656. The Morgan fingerprint density at radius 1 is 1.20 bits per heavy atom. The zero-order valence-electron chi connectivity index (χ0n) is 20.4. The maximum atomic E-state index is 15.6. The predicted molar refractivity (Wildman–Crippen MR) is 129 cm³/mol. The highest BCUT2D eigenvalue weighted by Gasteiger charge is 2.74. The molecule has 6 rings (SSSR count). The van der Waals surface area contributed by atoms with Crippen molar-refractivity contribution in [3.05, 3.63) is 59.7 Å². The number of carbonyl (C=O) groups excluding carboxylic acids is 1. The Hall–Kier alpha value is -2.31. The Morgan fingerprint density at radius 3 is 2.66 bits per heavy atom. The van der Waals surface area contributed by atoms with E-state index in [1.165, 1.54) is 12.2 Å². The first-order chi connectivity index (χ1) is 16.6. The molecule has 0 spiro atoms. The lowest BCUT2D eigenvalue weighted by Gasteiger charge is -2.60. The third-order valence-electron chi connectivity index (χ3n) is 10.7. The minimum Gasteiger partial charge on any atom is -0.481 e. The van der Waals surface area contributed by atoms with Crippen LogP contribution in [-0.2, 0) is 16.1 Å². The fourth-order valence-corrected chi connectivity index (χ4v) is 9.32. The summed E-state index contributed by atoms with van der Waals surface area (Å²) in [6, 6.07) is 10.1. The topological polar surface area (TPSA) is 77.8 Å². The summed E-state index contributed by atoms with van der Waals surface area (Å²) in [5.74, 6) is -1.32. The fraction of sp³-hybridized carbons (Fsp3) is 0.586. The number of carboxylic acid groups (broad SMARTS) is 1. The Labute approximate surface area is 205 Å². The number of benzene rings is 1. The van der Waals surface area contributed by atoms with Crippen LogP contribution < -0.4 is 0 Å². The van der Waals surface area contributed by atoms with Crippen LogP contribution >= 0.6 is 0 Å². The minimum atomic E-state index is -1.25. The average molecular weight is 480 g/mol. The van der Waals surface area contributed by atoms with E-state index in [-0.39, 0.29) is 35.9 Å². The molecule has 0 radical (unpaired) electrons. The Kier molecular flexibility index (Phi) is 5.01. The van der Waals surface area contributed by atoms with Gasteiger partial charge in [0, 0.05) is 31.0 Å². The maximum absolute atomic E-state index is 15.6. The van der Waals surface area contributed by atoms with E-state index in [4.69, 9.17) is 0 Å². The summed E-state index contributed by atoms with van der Waals surface area (Å²) in [5, 5.41) is 22.3. The molecule has 1 heterocycles. The van der Waals surface area contributed by atoms with Gasteiger partial charge in [-0.3, -0.25) is 14.5 Å². The number of rotatable bonds is 3. The first kappa shape index (κ1) is 23.1. The van der Waals surface area contributed by atoms with Gasteiger partial charge in [0.2, 0.25) is 0 Å². The van der Waals surface area contributed by atoms with Gasteiger partial charge in [-0.05, 0) is 65.7 Å². The third-order valence-corrected chi connectivity index (χ3v) is 10.7. The molecule has 2 N–H and O–H groups in total. The lowest BCUT2D eigenvalue weighted by Crippen LogP contribution is -2.61. The van der Waals surface area contributed by atoms with E-state index in [0.717, 1.165) is 12.0 Å². The highest BCUT2D eigenvalue weighted by atomic mass is 19.1. The number of aliphatic hydroxyl groups excluding tert-OH is 1. The highest BCUT2D eigenvalue weighted by Crippen LogP contribution is 2.72. The number of hydrogen-bond acceptors (Lipinski definition) is 4. The number of carbonyl (C=O) groups is 2. The lowest BCUT2D eigenvalue weighted by molar-refractivity contribution is -0.175. The van der Waals surface area contributed by atoms with Crippen LogP contribution in [0, 0.1) is 39.9 Å². The van der Waals surface area contributed by atoms with Gasteiger partial charge >= 0.3 is 5.97 Å². The number of aliphatic hydroxyl groups is 1. The summed E-state index contributed by atoms with van der Waals surface area (Å²) in [6.45, 7) is 5.87. The first-order valence-electron chi connectivity index (χ1n) is 12.9. The van der Waals surface area contributed by atoms with Gasteiger partial charge < -0.3 is 10.2 Å². The zero-order valence-corrected chi connectivity index (χ0v) is 20.4. The Balaban J connectivity index is 1.36. The predicted octanol–water partition coefficient (Wildman–Crippen LogP) is 4.03. The second-order valence-electron chi connectivity index (χ2n) is 12.2. The molecule has 35 heavy (non-hydrogen) atoms. The molecule has 5 aliphatic rings. The van der Waals surface area contributed by atoms with E-state index in [1.54, 1.807) is 6.08 Å². The molecule has 186 valence electrons. The van der Waals surface area contributed by atoms with E-state index in [2.05, 4.69) is 24.0 Å². The summed E-state index contributed by atoms with van der Waals surface area (Å²) in [4.78, 5) is 27.4. The number of alkyl halides is 1. The second kappa shape index (κ2) is 7.59. The van der Waals surface area contributed by atoms with Crippen molar-refractivity contribution in [2.24, 2.45) is 39.9 Å². The number of nitrogens with zero attached hydrogens (tertiary/aromatic N) is 1. The lowest BCUT2D eigenvalue weighted by atomic mass is 9.44. The van der Waals surface area contributed by atoms with Gasteiger partial charge in [-0.1, -0.05) is 50.3 Å². The van der Waals surface area contributed by atoms with Crippen LogP contribution in [0.4, 0.5) is 4.39 Å². The molecule has 1 aromatic rings. The second-order valence-corrected chi connectivity index (χ2v) is 12.2. The number of allylic oxidation sites excluding steroid dienone is 4. The molecule has 0 bridgehead atoms. The number of aliphatic carboxylic acids is 1.